The number of piperidine rings is 1. The molecule has 1 fully saturated rings. The van der Waals surface area contributed by atoms with E-state index in [-0.39, 0.29) is 17.7 Å². The minimum atomic E-state index is -0.0114. The number of benzene rings is 2. The number of carbonyl (C=O) groups excluding carboxylic acids is 2. The van der Waals surface area contributed by atoms with Gasteiger partial charge in [0.15, 0.2) is 0 Å². The lowest BCUT2D eigenvalue weighted by molar-refractivity contribution is -0.121. The van der Waals surface area contributed by atoms with Gasteiger partial charge in [0, 0.05) is 17.3 Å². The summed E-state index contributed by atoms with van der Waals surface area (Å²) in [5.41, 5.74) is 6.32. The van der Waals surface area contributed by atoms with Crippen LogP contribution in [-0.4, -0.2) is 36.3 Å². The molecule has 0 unspecified atom stereocenters. The topological polar surface area (TPSA) is 61.4 Å². The molecule has 2 aromatic carbocycles. The fourth-order valence-electron chi connectivity index (χ4n) is 4.00. The van der Waals surface area contributed by atoms with Gasteiger partial charge in [-0.25, -0.2) is 0 Å². The van der Waals surface area contributed by atoms with Gasteiger partial charge in [0.25, 0.3) is 0 Å². The molecule has 2 amide bonds. The first-order valence-electron chi connectivity index (χ1n) is 10.3. The Kier molecular flexibility index (Phi) is 6.70. The van der Waals surface area contributed by atoms with Crippen molar-refractivity contribution in [3.63, 3.8) is 0 Å². The molecule has 1 aliphatic rings. The first-order chi connectivity index (χ1) is 13.8. The number of nitrogens with zero attached hydrogens (tertiary/aromatic N) is 1. The number of hydrogen-bond donors (Lipinski definition) is 2. The molecule has 2 N–H and O–H groups in total. The van der Waals surface area contributed by atoms with Crippen molar-refractivity contribution in [1.29, 1.82) is 0 Å². The minimum Gasteiger partial charge on any atom is -0.325 e. The van der Waals surface area contributed by atoms with E-state index >= 15 is 0 Å². The van der Waals surface area contributed by atoms with Crippen LogP contribution in [0, 0.1) is 33.6 Å². The smallest absolute Gasteiger partial charge is 0.238 e. The number of nitrogens with one attached hydrogen (secondary N) is 2. The summed E-state index contributed by atoms with van der Waals surface area (Å²) in [6, 6.07) is 12.0. The summed E-state index contributed by atoms with van der Waals surface area (Å²) in [6.07, 6.45) is 1.54. The molecule has 5 heteroatoms. The summed E-state index contributed by atoms with van der Waals surface area (Å²) in [7, 11) is 0. The zero-order chi connectivity index (χ0) is 21.0. The lowest BCUT2D eigenvalue weighted by atomic mass is 9.95. The Labute approximate surface area is 173 Å². The van der Waals surface area contributed by atoms with Crippen LogP contribution in [-0.2, 0) is 9.59 Å². The van der Waals surface area contributed by atoms with Crippen LogP contribution in [0.3, 0.4) is 0 Å². The van der Waals surface area contributed by atoms with E-state index in [2.05, 4.69) is 34.6 Å². The third kappa shape index (κ3) is 5.67. The van der Waals surface area contributed by atoms with Gasteiger partial charge < -0.3 is 10.6 Å². The molecule has 0 radical (unpaired) electrons. The normalized spacial score (nSPS) is 15.2. The van der Waals surface area contributed by atoms with Crippen LogP contribution in [0.2, 0.25) is 0 Å². The van der Waals surface area contributed by atoms with E-state index in [1.807, 2.05) is 45.0 Å². The molecule has 0 bridgehead atoms. The van der Waals surface area contributed by atoms with Crippen molar-refractivity contribution in [1.82, 2.24) is 4.90 Å². The summed E-state index contributed by atoms with van der Waals surface area (Å²) >= 11 is 0. The molecule has 1 heterocycles. The predicted molar refractivity (Wildman–Crippen MR) is 118 cm³/mol. The summed E-state index contributed by atoms with van der Waals surface area (Å²) < 4.78 is 0. The molecule has 2 aromatic rings. The molecule has 154 valence electrons. The van der Waals surface area contributed by atoms with Gasteiger partial charge in [-0.05, 0) is 76.9 Å². The molecule has 0 atom stereocenters. The third-order valence-electron chi connectivity index (χ3n) is 5.59. The monoisotopic (exact) mass is 393 g/mol. The van der Waals surface area contributed by atoms with Crippen LogP contribution in [0.25, 0.3) is 0 Å². The molecular formula is C24H31N3O2. The molecule has 29 heavy (non-hydrogen) atoms. The lowest BCUT2D eigenvalue weighted by Gasteiger charge is -2.31. The standard InChI is InChI=1S/C24H31N3O2/c1-16-5-7-21(8-6-16)25-22(28)15-27-11-9-20(10-12-27)24(29)26-23-18(3)13-17(2)14-19(23)4/h5-8,13-14,20H,9-12,15H2,1-4H3,(H,25,28)(H,26,29). The largest absolute Gasteiger partial charge is 0.325 e. The maximum absolute atomic E-state index is 12.7. The minimum absolute atomic E-state index is 0.00786. The van der Waals surface area contributed by atoms with Gasteiger partial charge in [-0.1, -0.05) is 35.4 Å². The first kappa shape index (κ1) is 21.1. The second kappa shape index (κ2) is 9.23. The van der Waals surface area contributed by atoms with Crippen LogP contribution in [0.1, 0.15) is 35.1 Å². The van der Waals surface area contributed by atoms with Gasteiger partial charge in [0.1, 0.15) is 0 Å². The summed E-state index contributed by atoms with van der Waals surface area (Å²) in [6.45, 7) is 10.0. The van der Waals surface area contributed by atoms with Crippen LogP contribution in [0.15, 0.2) is 36.4 Å². The molecule has 1 aliphatic heterocycles. The number of likely N-dealkylation sites (tertiary alicyclic amines) is 1. The summed E-state index contributed by atoms with van der Waals surface area (Å²) in [5, 5.41) is 6.07. The quantitative estimate of drug-likeness (QED) is 0.800. The van der Waals surface area contributed by atoms with Gasteiger partial charge in [0.2, 0.25) is 11.8 Å². The van der Waals surface area contributed by atoms with Crippen molar-refractivity contribution in [3.05, 3.63) is 58.7 Å². The second-order valence-corrected chi connectivity index (χ2v) is 8.23. The highest BCUT2D eigenvalue weighted by molar-refractivity contribution is 5.94. The maximum Gasteiger partial charge on any atom is 0.238 e. The fraction of sp³-hybridized carbons (Fsp3) is 0.417. The van der Waals surface area contributed by atoms with Gasteiger partial charge >= 0.3 is 0 Å². The number of hydrogen-bond acceptors (Lipinski definition) is 3. The van der Waals surface area contributed by atoms with Crippen molar-refractivity contribution in [2.75, 3.05) is 30.3 Å². The van der Waals surface area contributed by atoms with E-state index in [0.29, 0.717) is 6.54 Å². The van der Waals surface area contributed by atoms with E-state index in [9.17, 15) is 9.59 Å². The Hall–Kier alpha value is -2.66. The average molecular weight is 394 g/mol. The Morgan fingerprint density at radius 3 is 2.07 bits per heavy atom. The van der Waals surface area contributed by atoms with Crippen molar-refractivity contribution in [2.45, 2.75) is 40.5 Å². The van der Waals surface area contributed by atoms with Gasteiger partial charge in [-0.3, -0.25) is 14.5 Å². The molecule has 0 aliphatic carbocycles. The zero-order valence-corrected chi connectivity index (χ0v) is 17.8. The Balaban J connectivity index is 1.48. The van der Waals surface area contributed by atoms with Crippen molar-refractivity contribution < 1.29 is 9.59 Å². The number of carbonyl (C=O) groups is 2. The number of aryl methyl sites for hydroxylation is 4. The van der Waals surface area contributed by atoms with E-state index < -0.39 is 0 Å². The van der Waals surface area contributed by atoms with Crippen LogP contribution < -0.4 is 10.6 Å². The highest BCUT2D eigenvalue weighted by Crippen LogP contribution is 2.25. The number of rotatable bonds is 5. The predicted octanol–water partition coefficient (Wildman–Crippen LogP) is 4.21. The molecule has 0 saturated carbocycles. The molecule has 1 saturated heterocycles. The zero-order valence-electron chi connectivity index (χ0n) is 17.8. The number of amides is 2. The fourth-order valence-corrected chi connectivity index (χ4v) is 4.00. The van der Waals surface area contributed by atoms with E-state index in [1.54, 1.807) is 0 Å². The van der Waals surface area contributed by atoms with Crippen molar-refractivity contribution >= 4 is 23.2 Å². The van der Waals surface area contributed by atoms with Gasteiger partial charge in [-0.2, -0.15) is 0 Å². The molecule has 5 nitrogen and oxygen atoms in total. The van der Waals surface area contributed by atoms with E-state index in [1.165, 1.54) is 11.1 Å². The Morgan fingerprint density at radius 1 is 0.897 bits per heavy atom. The van der Waals surface area contributed by atoms with Crippen molar-refractivity contribution in [3.8, 4) is 0 Å². The summed E-state index contributed by atoms with van der Waals surface area (Å²) in [5.74, 6) is 0.0676. The maximum atomic E-state index is 12.7. The van der Waals surface area contributed by atoms with E-state index in [0.717, 1.165) is 48.4 Å². The highest BCUT2D eigenvalue weighted by atomic mass is 16.2. The lowest BCUT2D eigenvalue weighted by Crippen LogP contribution is -2.41. The SMILES string of the molecule is Cc1ccc(NC(=O)CN2CCC(C(=O)Nc3c(C)cc(C)cc3C)CC2)cc1. The second-order valence-electron chi connectivity index (χ2n) is 8.23. The third-order valence-corrected chi connectivity index (χ3v) is 5.59. The first-order valence-corrected chi connectivity index (χ1v) is 10.3. The Bertz CT molecular complexity index is 858. The molecule has 0 aromatic heterocycles. The Morgan fingerprint density at radius 2 is 1.48 bits per heavy atom. The average Bonchev–Trinajstić information content (AvgIpc) is 2.67. The van der Waals surface area contributed by atoms with Crippen molar-refractivity contribution in [2.24, 2.45) is 5.92 Å². The van der Waals surface area contributed by atoms with Crippen LogP contribution in [0.5, 0.6) is 0 Å². The highest BCUT2D eigenvalue weighted by Gasteiger charge is 2.26. The van der Waals surface area contributed by atoms with Crippen LogP contribution in [0.4, 0.5) is 11.4 Å². The number of anilines is 2. The molecule has 3 rings (SSSR count). The van der Waals surface area contributed by atoms with E-state index in [4.69, 9.17) is 0 Å². The molecular weight excluding hydrogens is 362 g/mol. The molecule has 0 spiro atoms. The summed E-state index contributed by atoms with van der Waals surface area (Å²) in [4.78, 5) is 27.2. The van der Waals surface area contributed by atoms with Gasteiger partial charge in [0.05, 0.1) is 6.54 Å². The van der Waals surface area contributed by atoms with Gasteiger partial charge in [-0.15, -0.1) is 0 Å². The van der Waals surface area contributed by atoms with Crippen LogP contribution >= 0.6 is 0 Å².